The van der Waals surface area contributed by atoms with Gasteiger partial charge in [0.25, 0.3) is 0 Å². The molecule has 5 heteroatoms. The van der Waals surface area contributed by atoms with E-state index >= 15 is 0 Å². The Hall–Kier alpha value is -0.650. The molecule has 0 aromatic carbocycles. The third kappa shape index (κ3) is 4.17. The van der Waals surface area contributed by atoms with E-state index in [2.05, 4.69) is 37.9 Å². The number of amides is 1. The first-order valence-corrected chi connectivity index (χ1v) is 7.68. The van der Waals surface area contributed by atoms with Crippen molar-refractivity contribution in [2.24, 2.45) is 11.7 Å². The van der Waals surface area contributed by atoms with Gasteiger partial charge < -0.3 is 10.5 Å². The van der Waals surface area contributed by atoms with Crippen LogP contribution in [0.3, 0.4) is 0 Å². The highest BCUT2D eigenvalue weighted by molar-refractivity contribution is 5.86. The molecule has 0 aromatic rings. The largest absolute Gasteiger partial charge is 0.383 e. The first kappa shape index (κ1) is 17.4. The molecule has 2 atom stereocenters. The van der Waals surface area contributed by atoms with E-state index in [0.29, 0.717) is 19.1 Å². The first-order valence-electron chi connectivity index (χ1n) is 7.68. The van der Waals surface area contributed by atoms with Gasteiger partial charge in [-0.25, -0.2) is 0 Å². The number of carbonyl (C=O) groups excluding carboxylic acids is 1. The van der Waals surface area contributed by atoms with Crippen LogP contribution in [-0.4, -0.2) is 55.2 Å². The molecule has 2 unspecified atom stereocenters. The number of hydrogen-bond donors (Lipinski definition) is 2. The SMILES string of the molecule is CCN(CC(NC(C)C)(C(N)=O)C1CC1)C(C)COC. The second-order valence-corrected chi connectivity index (χ2v) is 6.28. The van der Waals surface area contributed by atoms with Crippen molar-refractivity contribution in [3.63, 3.8) is 0 Å². The Bertz CT molecular complexity index is 318. The third-order valence-electron chi connectivity index (χ3n) is 4.15. The lowest BCUT2D eigenvalue weighted by Gasteiger charge is -2.40. The highest BCUT2D eigenvalue weighted by atomic mass is 16.5. The standard InChI is InChI=1S/C15H31N3O2/c1-6-18(12(4)9-20-5)10-15(14(16)19,13-7-8-13)17-11(2)3/h11-13,17H,6-10H2,1-5H3,(H2,16,19). The van der Waals surface area contributed by atoms with Crippen LogP contribution in [0.15, 0.2) is 0 Å². The fourth-order valence-corrected chi connectivity index (χ4v) is 2.98. The monoisotopic (exact) mass is 285 g/mol. The summed E-state index contributed by atoms with van der Waals surface area (Å²) in [6.07, 6.45) is 2.16. The van der Waals surface area contributed by atoms with Gasteiger partial charge in [-0.05, 0) is 46.1 Å². The van der Waals surface area contributed by atoms with Crippen LogP contribution in [0.1, 0.15) is 40.5 Å². The number of likely N-dealkylation sites (N-methyl/N-ethyl adjacent to an activating group) is 1. The number of nitrogens with zero attached hydrogens (tertiary/aromatic N) is 1. The molecule has 1 rings (SSSR count). The molecule has 1 amide bonds. The van der Waals surface area contributed by atoms with Crippen LogP contribution in [0.25, 0.3) is 0 Å². The van der Waals surface area contributed by atoms with Crippen molar-refractivity contribution in [2.75, 3.05) is 26.8 Å². The maximum absolute atomic E-state index is 12.2. The minimum absolute atomic E-state index is 0.225. The number of hydrogen-bond acceptors (Lipinski definition) is 4. The lowest BCUT2D eigenvalue weighted by Crippen LogP contribution is -2.65. The van der Waals surface area contributed by atoms with Crippen LogP contribution in [-0.2, 0) is 9.53 Å². The smallest absolute Gasteiger partial charge is 0.239 e. The topological polar surface area (TPSA) is 67.6 Å². The molecule has 0 radical (unpaired) electrons. The number of methoxy groups -OCH3 is 1. The molecule has 1 aliphatic rings. The van der Waals surface area contributed by atoms with Gasteiger partial charge in [-0.15, -0.1) is 0 Å². The Kier molecular flexibility index (Phi) is 6.43. The molecule has 0 aromatic heterocycles. The molecule has 0 spiro atoms. The van der Waals surface area contributed by atoms with Crippen molar-refractivity contribution in [1.82, 2.24) is 10.2 Å². The van der Waals surface area contributed by atoms with E-state index in [4.69, 9.17) is 10.5 Å². The molecule has 5 nitrogen and oxygen atoms in total. The molecule has 0 saturated heterocycles. The fraction of sp³-hybridized carbons (Fsp3) is 0.933. The lowest BCUT2D eigenvalue weighted by atomic mass is 9.89. The molecule has 118 valence electrons. The summed E-state index contributed by atoms with van der Waals surface area (Å²) in [7, 11) is 1.71. The summed E-state index contributed by atoms with van der Waals surface area (Å²) in [6, 6.07) is 0.510. The number of ether oxygens (including phenoxy) is 1. The van der Waals surface area contributed by atoms with Gasteiger partial charge in [0, 0.05) is 25.7 Å². The third-order valence-corrected chi connectivity index (χ3v) is 4.15. The van der Waals surface area contributed by atoms with Crippen molar-refractivity contribution < 1.29 is 9.53 Å². The van der Waals surface area contributed by atoms with E-state index in [-0.39, 0.29) is 18.0 Å². The lowest BCUT2D eigenvalue weighted by molar-refractivity contribution is -0.127. The molecule has 0 heterocycles. The first-order chi connectivity index (χ1) is 9.37. The van der Waals surface area contributed by atoms with Crippen LogP contribution in [0.2, 0.25) is 0 Å². The molecule has 0 bridgehead atoms. The Morgan fingerprint density at radius 3 is 2.40 bits per heavy atom. The summed E-state index contributed by atoms with van der Waals surface area (Å²) in [5.74, 6) is 0.142. The molecule has 3 N–H and O–H groups in total. The van der Waals surface area contributed by atoms with Crippen molar-refractivity contribution in [3.05, 3.63) is 0 Å². The van der Waals surface area contributed by atoms with E-state index in [9.17, 15) is 4.79 Å². The molecule has 1 fully saturated rings. The predicted molar refractivity (Wildman–Crippen MR) is 81.5 cm³/mol. The van der Waals surface area contributed by atoms with E-state index in [1.54, 1.807) is 7.11 Å². The van der Waals surface area contributed by atoms with Crippen molar-refractivity contribution in [1.29, 1.82) is 0 Å². The zero-order valence-electron chi connectivity index (χ0n) is 13.6. The zero-order valence-corrected chi connectivity index (χ0v) is 13.6. The average Bonchev–Trinajstić information content (AvgIpc) is 3.18. The molecule has 1 saturated carbocycles. The summed E-state index contributed by atoms with van der Waals surface area (Å²) in [4.78, 5) is 14.5. The highest BCUT2D eigenvalue weighted by Crippen LogP contribution is 2.40. The number of primary amides is 1. The maximum atomic E-state index is 12.2. The van der Waals surface area contributed by atoms with Crippen LogP contribution in [0.4, 0.5) is 0 Å². The Balaban J connectivity index is 2.89. The van der Waals surface area contributed by atoms with Crippen LogP contribution < -0.4 is 11.1 Å². The van der Waals surface area contributed by atoms with Gasteiger partial charge in [0.05, 0.1) is 6.61 Å². The Morgan fingerprint density at radius 2 is 2.05 bits per heavy atom. The summed E-state index contributed by atoms with van der Waals surface area (Å²) in [6.45, 7) is 10.6. The second-order valence-electron chi connectivity index (χ2n) is 6.28. The van der Waals surface area contributed by atoms with E-state index in [0.717, 1.165) is 19.4 Å². The number of nitrogens with two attached hydrogens (primary N) is 1. The summed E-state index contributed by atoms with van der Waals surface area (Å²) in [5.41, 5.74) is 5.17. The predicted octanol–water partition coefficient (Wildman–Crippen LogP) is 0.975. The quantitative estimate of drug-likeness (QED) is 0.628. The Morgan fingerprint density at radius 1 is 1.45 bits per heavy atom. The van der Waals surface area contributed by atoms with Crippen molar-refractivity contribution in [3.8, 4) is 0 Å². The molecule has 1 aliphatic carbocycles. The van der Waals surface area contributed by atoms with Gasteiger partial charge in [-0.1, -0.05) is 6.92 Å². The zero-order chi connectivity index (χ0) is 15.3. The molecule has 20 heavy (non-hydrogen) atoms. The number of nitrogens with one attached hydrogen (secondary N) is 1. The summed E-state index contributed by atoms with van der Waals surface area (Å²) >= 11 is 0. The van der Waals surface area contributed by atoms with Crippen molar-refractivity contribution >= 4 is 5.91 Å². The molecule has 0 aliphatic heterocycles. The van der Waals surface area contributed by atoms with Gasteiger partial charge >= 0.3 is 0 Å². The summed E-state index contributed by atoms with van der Waals surface area (Å²) in [5, 5.41) is 3.46. The average molecular weight is 285 g/mol. The minimum Gasteiger partial charge on any atom is -0.383 e. The van der Waals surface area contributed by atoms with Crippen LogP contribution >= 0.6 is 0 Å². The maximum Gasteiger partial charge on any atom is 0.239 e. The van der Waals surface area contributed by atoms with Gasteiger partial charge in [0.2, 0.25) is 5.91 Å². The number of rotatable bonds is 10. The number of carbonyl (C=O) groups is 1. The molecular formula is C15H31N3O2. The normalized spacial score (nSPS) is 20.1. The summed E-state index contributed by atoms with van der Waals surface area (Å²) < 4.78 is 5.24. The van der Waals surface area contributed by atoms with Crippen LogP contribution in [0, 0.1) is 5.92 Å². The van der Waals surface area contributed by atoms with Crippen molar-refractivity contribution in [2.45, 2.75) is 58.2 Å². The Labute approximate surface area is 123 Å². The van der Waals surface area contributed by atoms with Crippen LogP contribution in [0.5, 0.6) is 0 Å². The van der Waals surface area contributed by atoms with Gasteiger partial charge in [0.15, 0.2) is 0 Å². The van der Waals surface area contributed by atoms with Gasteiger partial charge in [-0.3, -0.25) is 15.0 Å². The second kappa shape index (κ2) is 7.38. The van der Waals surface area contributed by atoms with Gasteiger partial charge in [-0.2, -0.15) is 0 Å². The molecular weight excluding hydrogens is 254 g/mol. The van der Waals surface area contributed by atoms with E-state index < -0.39 is 5.54 Å². The highest BCUT2D eigenvalue weighted by Gasteiger charge is 2.51. The van der Waals surface area contributed by atoms with E-state index in [1.807, 2.05) is 0 Å². The minimum atomic E-state index is -0.605. The van der Waals surface area contributed by atoms with E-state index in [1.165, 1.54) is 0 Å². The fourth-order valence-electron chi connectivity index (χ4n) is 2.98. The van der Waals surface area contributed by atoms with Gasteiger partial charge in [0.1, 0.15) is 5.54 Å².